The summed E-state index contributed by atoms with van der Waals surface area (Å²) in [5.41, 5.74) is 1.63. The van der Waals surface area contributed by atoms with Crippen molar-refractivity contribution in [2.75, 3.05) is 5.32 Å². The van der Waals surface area contributed by atoms with Crippen LogP contribution in [0.25, 0.3) is 11.3 Å². The summed E-state index contributed by atoms with van der Waals surface area (Å²) in [6.07, 6.45) is 0.110. The first-order chi connectivity index (χ1) is 11.9. The van der Waals surface area contributed by atoms with E-state index >= 15 is 0 Å². The third kappa shape index (κ3) is 3.70. The SMILES string of the molecule is CCc1[nH]nc(-c2ccc(C(F)(F)F)cc2)c1NC(=O)C1CCCC1. The quantitative estimate of drug-likeness (QED) is 0.832. The van der Waals surface area contributed by atoms with E-state index in [1.165, 1.54) is 12.1 Å². The number of halogens is 3. The Morgan fingerprint density at radius 3 is 2.44 bits per heavy atom. The molecule has 1 saturated carbocycles. The molecule has 4 nitrogen and oxygen atoms in total. The van der Waals surface area contributed by atoms with E-state index in [-0.39, 0.29) is 11.8 Å². The van der Waals surface area contributed by atoms with E-state index in [0.717, 1.165) is 43.5 Å². The zero-order chi connectivity index (χ0) is 18.0. The average molecular weight is 351 g/mol. The van der Waals surface area contributed by atoms with Gasteiger partial charge in [-0.2, -0.15) is 18.3 Å². The molecule has 1 aliphatic rings. The van der Waals surface area contributed by atoms with E-state index < -0.39 is 11.7 Å². The number of H-pyrrole nitrogens is 1. The number of aromatic nitrogens is 2. The number of nitrogens with zero attached hydrogens (tertiary/aromatic N) is 1. The summed E-state index contributed by atoms with van der Waals surface area (Å²) in [6.45, 7) is 1.93. The van der Waals surface area contributed by atoms with Crippen molar-refractivity contribution in [3.63, 3.8) is 0 Å². The molecule has 0 bridgehead atoms. The van der Waals surface area contributed by atoms with Crippen LogP contribution in [0.5, 0.6) is 0 Å². The first-order valence-electron chi connectivity index (χ1n) is 8.46. The molecule has 25 heavy (non-hydrogen) atoms. The molecule has 2 N–H and O–H groups in total. The topological polar surface area (TPSA) is 57.8 Å². The second-order valence-corrected chi connectivity index (χ2v) is 6.33. The van der Waals surface area contributed by atoms with Crippen molar-refractivity contribution >= 4 is 11.6 Å². The average Bonchev–Trinajstić information content (AvgIpc) is 3.24. The lowest BCUT2D eigenvalue weighted by Gasteiger charge is -2.12. The summed E-state index contributed by atoms with van der Waals surface area (Å²) >= 11 is 0. The van der Waals surface area contributed by atoms with Crippen LogP contribution in [0.2, 0.25) is 0 Å². The largest absolute Gasteiger partial charge is 0.416 e. The van der Waals surface area contributed by atoms with E-state index in [9.17, 15) is 18.0 Å². The number of aryl methyl sites for hydroxylation is 1. The van der Waals surface area contributed by atoms with Crippen LogP contribution in [0.3, 0.4) is 0 Å². The lowest BCUT2D eigenvalue weighted by Crippen LogP contribution is -2.21. The predicted molar refractivity (Wildman–Crippen MR) is 89.0 cm³/mol. The van der Waals surface area contributed by atoms with Crippen molar-refractivity contribution in [2.45, 2.75) is 45.2 Å². The summed E-state index contributed by atoms with van der Waals surface area (Å²) < 4.78 is 38.2. The number of aromatic amines is 1. The summed E-state index contributed by atoms with van der Waals surface area (Å²) in [5.74, 6) is -0.0400. The molecule has 1 aromatic carbocycles. The minimum absolute atomic E-state index is 0.0000570. The van der Waals surface area contributed by atoms with Gasteiger partial charge in [0.15, 0.2) is 0 Å². The zero-order valence-corrected chi connectivity index (χ0v) is 13.9. The van der Waals surface area contributed by atoms with Crippen LogP contribution < -0.4 is 5.32 Å². The van der Waals surface area contributed by atoms with Crippen LogP contribution in [-0.4, -0.2) is 16.1 Å². The van der Waals surface area contributed by atoms with E-state index in [0.29, 0.717) is 23.4 Å². The van der Waals surface area contributed by atoms with Gasteiger partial charge in [0.2, 0.25) is 5.91 Å². The van der Waals surface area contributed by atoms with E-state index in [4.69, 9.17) is 0 Å². The van der Waals surface area contributed by atoms with Gasteiger partial charge in [0.25, 0.3) is 0 Å². The molecule has 1 aliphatic carbocycles. The Bertz CT molecular complexity index is 744. The van der Waals surface area contributed by atoms with Crippen molar-refractivity contribution in [2.24, 2.45) is 5.92 Å². The molecule has 0 spiro atoms. The van der Waals surface area contributed by atoms with Gasteiger partial charge in [-0.3, -0.25) is 9.89 Å². The molecule has 1 heterocycles. The molecule has 134 valence electrons. The van der Waals surface area contributed by atoms with Crippen LogP contribution in [0.15, 0.2) is 24.3 Å². The van der Waals surface area contributed by atoms with E-state index in [2.05, 4.69) is 15.5 Å². The number of amides is 1. The maximum Gasteiger partial charge on any atom is 0.416 e. The molecule has 0 aliphatic heterocycles. The maximum atomic E-state index is 12.7. The molecule has 1 fully saturated rings. The smallest absolute Gasteiger partial charge is 0.322 e. The molecule has 0 unspecified atom stereocenters. The Hall–Kier alpha value is -2.31. The number of alkyl halides is 3. The Labute approximate surface area is 143 Å². The minimum atomic E-state index is -4.38. The van der Waals surface area contributed by atoms with Gasteiger partial charge in [0.05, 0.1) is 16.9 Å². The summed E-state index contributed by atoms with van der Waals surface area (Å²) in [4.78, 5) is 12.4. The van der Waals surface area contributed by atoms with Gasteiger partial charge in [0.1, 0.15) is 5.69 Å². The number of benzene rings is 1. The molecule has 3 rings (SSSR count). The Kier molecular flexibility index (Phi) is 4.83. The fourth-order valence-corrected chi connectivity index (χ4v) is 3.21. The molecule has 0 saturated heterocycles. The molecule has 0 radical (unpaired) electrons. The molecule has 0 atom stereocenters. The number of anilines is 1. The molecular formula is C18H20F3N3O. The normalized spacial score (nSPS) is 15.5. The second kappa shape index (κ2) is 6.90. The fraction of sp³-hybridized carbons (Fsp3) is 0.444. The third-order valence-electron chi connectivity index (χ3n) is 4.65. The Morgan fingerprint density at radius 2 is 1.88 bits per heavy atom. The lowest BCUT2D eigenvalue weighted by atomic mass is 10.0. The van der Waals surface area contributed by atoms with Crippen molar-refractivity contribution in [1.82, 2.24) is 10.2 Å². The summed E-state index contributed by atoms with van der Waals surface area (Å²) in [7, 11) is 0. The highest BCUT2D eigenvalue weighted by Gasteiger charge is 2.30. The highest BCUT2D eigenvalue weighted by molar-refractivity contribution is 5.97. The monoisotopic (exact) mass is 351 g/mol. The predicted octanol–water partition coefficient (Wildman–Crippen LogP) is 4.79. The van der Waals surface area contributed by atoms with Crippen molar-refractivity contribution in [3.05, 3.63) is 35.5 Å². The van der Waals surface area contributed by atoms with Crippen LogP contribution in [0.1, 0.15) is 43.9 Å². The maximum absolute atomic E-state index is 12.7. The van der Waals surface area contributed by atoms with Gasteiger partial charge < -0.3 is 5.32 Å². The van der Waals surface area contributed by atoms with Crippen LogP contribution in [-0.2, 0) is 17.4 Å². The van der Waals surface area contributed by atoms with Crippen LogP contribution in [0, 0.1) is 5.92 Å². The summed E-state index contributed by atoms with van der Waals surface area (Å²) in [6, 6.07) is 4.81. The fourth-order valence-electron chi connectivity index (χ4n) is 3.21. The lowest BCUT2D eigenvalue weighted by molar-refractivity contribution is -0.137. The standard InChI is InChI=1S/C18H20F3N3O/c1-2-14-16(22-17(25)12-5-3-4-6-12)15(24-23-14)11-7-9-13(10-8-11)18(19,20)21/h7-10,12H,2-6H2,1H3,(H,22,25)(H,23,24). The van der Waals surface area contributed by atoms with Gasteiger partial charge in [-0.25, -0.2) is 0 Å². The van der Waals surface area contributed by atoms with Crippen molar-refractivity contribution in [3.8, 4) is 11.3 Å². The van der Waals surface area contributed by atoms with Crippen molar-refractivity contribution < 1.29 is 18.0 Å². The number of carbonyl (C=O) groups is 1. The Balaban J connectivity index is 1.89. The number of hydrogen-bond acceptors (Lipinski definition) is 2. The van der Waals surface area contributed by atoms with E-state index in [1.54, 1.807) is 0 Å². The molecule has 1 aromatic heterocycles. The second-order valence-electron chi connectivity index (χ2n) is 6.33. The molecular weight excluding hydrogens is 331 g/mol. The van der Waals surface area contributed by atoms with Crippen LogP contribution >= 0.6 is 0 Å². The number of nitrogens with one attached hydrogen (secondary N) is 2. The highest BCUT2D eigenvalue weighted by Crippen LogP contribution is 2.34. The number of hydrogen-bond donors (Lipinski definition) is 2. The van der Waals surface area contributed by atoms with Gasteiger partial charge in [-0.05, 0) is 31.4 Å². The Morgan fingerprint density at radius 1 is 1.24 bits per heavy atom. The first kappa shape index (κ1) is 17.5. The van der Waals surface area contributed by atoms with Gasteiger partial charge in [0, 0.05) is 11.5 Å². The van der Waals surface area contributed by atoms with Crippen LogP contribution in [0.4, 0.5) is 18.9 Å². The molecule has 1 amide bonds. The number of carbonyl (C=O) groups excluding carboxylic acids is 1. The number of rotatable bonds is 4. The highest BCUT2D eigenvalue weighted by atomic mass is 19.4. The third-order valence-corrected chi connectivity index (χ3v) is 4.65. The van der Waals surface area contributed by atoms with Crippen molar-refractivity contribution in [1.29, 1.82) is 0 Å². The van der Waals surface area contributed by atoms with Gasteiger partial charge >= 0.3 is 6.18 Å². The van der Waals surface area contributed by atoms with E-state index in [1.807, 2.05) is 6.92 Å². The van der Waals surface area contributed by atoms with Gasteiger partial charge in [-0.15, -0.1) is 0 Å². The first-order valence-corrected chi connectivity index (χ1v) is 8.46. The molecule has 2 aromatic rings. The van der Waals surface area contributed by atoms with Gasteiger partial charge in [-0.1, -0.05) is 31.9 Å². The minimum Gasteiger partial charge on any atom is -0.322 e. The zero-order valence-electron chi connectivity index (χ0n) is 13.9. The summed E-state index contributed by atoms with van der Waals surface area (Å²) in [5, 5.41) is 10.0. The molecule has 7 heteroatoms.